The minimum Gasteiger partial charge on any atom is -0.511 e. The molecule has 0 aliphatic rings. The van der Waals surface area contributed by atoms with Gasteiger partial charge in [0.25, 0.3) is 0 Å². The van der Waals surface area contributed by atoms with E-state index < -0.39 is 0 Å². The fourth-order valence-corrected chi connectivity index (χ4v) is 0.770. The molecule has 0 amide bonds. The van der Waals surface area contributed by atoms with E-state index in [9.17, 15) is 0 Å². The van der Waals surface area contributed by atoms with Gasteiger partial charge in [-0.25, -0.2) is 0 Å². The van der Waals surface area contributed by atoms with Crippen molar-refractivity contribution in [2.75, 3.05) is 26.3 Å². The molecular weight excluding hydrogens is 190 g/mol. The topological polar surface area (TPSA) is 104 Å². The van der Waals surface area contributed by atoms with E-state index in [0.29, 0.717) is 5.06 Å². The Morgan fingerprint density at radius 3 is 1.57 bits per heavy atom. The van der Waals surface area contributed by atoms with Crippen molar-refractivity contribution in [3.8, 4) is 0 Å². The standard InChI is InChI=1S/C8H15NO5/c10-3-1-7(12)5-9(14)6-8(13)2-4-11/h1-2,10-14H,3-6H2/b7-1-,8-2+. The molecule has 0 unspecified atom stereocenters. The minimum absolute atomic E-state index is 0.202. The summed E-state index contributed by atoms with van der Waals surface area (Å²) >= 11 is 0. The van der Waals surface area contributed by atoms with Crippen molar-refractivity contribution in [3.05, 3.63) is 23.7 Å². The molecule has 0 rings (SSSR count). The number of hydroxylamine groups is 2. The van der Waals surface area contributed by atoms with Crippen molar-refractivity contribution >= 4 is 0 Å². The van der Waals surface area contributed by atoms with Crippen LogP contribution in [-0.2, 0) is 0 Å². The highest BCUT2D eigenvalue weighted by Gasteiger charge is 2.05. The van der Waals surface area contributed by atoms with Crippen molar-refractivity contribution in [1.29, 1.82) is 0 Å². The summed E-state index contributed by atoms with van der Waals surface area (Å²) in [5, 5.41) is 44.5. The molecule has 6 nitrogen and oxygen atoms in total. The summed E-state index contributed by atoms with van der Waals surface area (Å²) in [6.07, 6.45) is 2.24. The van der Waals surface area contributed by atoms with Gasteiger partial charge in [-0.05, 0) is 12.2 Å². The average Bonchev–Trinajstić information content (AvgIpc) is 2.03. The molecule has 0 saturated carbocycles. The van der Waals surface area contributed by atoms with Crippen LogP contribution in [0.15, 0.2) is 23.7 Å². The molecule has 0 bridgehead atoms. The zero-order valence-electron chi connectivity index (χ0n) is 7.67. The summed E-state index contributed by atoms with van der Waals surface area (Å²) < 4.78 is 0. The van der Waals surface area contributed by atoms with Gasteiger partial charge < -0.3 is 25.6 Å². The molecule has 14 heavy (non-hydrogen) atoms. The number of aliphatic hydroxyl groups is 4. The maximum absolute atomic E-state index is 9.11. The second-order valence-electron chi connectivity index (χ2n) is 2.58. The zero-order valence-corrected chi connectivity index (χ0v) is 7.67. The highest BCUT2D eigenvalue weighted by molar-refractivity contribution is 4.96. The van der Waals surface area contributed by atoms with Gasteiger partial charge in [-0.15, -0.1) is 0 Å². The van der Waals surface area contributed by atoms with E-state index in [4.69, 9.17) is 25.6 Å². The maximum atomic E-state index is 9.11. The minimum atomic E-state index is -0.321. The predicted molar refractivity (Wildman–Crippen MR) is 49.0 cm³/mol. The summed E-state index contributed by atoms with van der Waals surface area (Å²) in [6.45, 7) is -1.05. The van der Waals surface area contributed by atoms with Gasteiger partial charge in [-0.3, -0.25) is 0 Å². The van der Waals surface area contributed by atoms with Gasteiger partial charge in [0.05, 0.1) is 26.3 Å². The maximum Gasteiger partial charge on any atom is 0.107 e. The first-order valence-corrected chi connectivity index (χ1v) is 4.01. The van der Waals surface area contributed by atoms with Crippen LogP contribution >= 0.6 is 0 Å². The van der Waals surface area contributed by atoms with E-state index in [2.05, 4.69) is 0 Å². The Balaban J connectivity index is 3.92. The first kappa shape index (κ1) is 12.9. The van der Waals surface area contributed by atoms with Crippen molar-refractivity contribution in [2.45, 2.75) is 0 Å². The van der Waals surface area contributed by atoms with Gasteiger partial charge in [0.2, 0.25) is 0 Å². The van der Waals surface area contributed by atoms with E-state index in [1.807, 2.05) is 0 Å². The molecule has 0 spiro atoms. The van der Waals surface area contributed by atoms with Crippen LogP contribution in [0, 0.1) is 0 Å². The van der Waals surface area contributed by atoms with Crippen LogP contribution in [0.1, 0.15) is 0 Å². The zero-order chi connectivity index (χ0) is 11.0. The van der Waals surface area contributed by atoms with E-state index in [0.717, 1.165) is 12.2 Å². The highest BCUT2D eigenvalue weighted by atomic mass is 16.5. The Hall–Kier alpha value is -1.08. The van der Waals surface area contributed by atoms with Crippen LogP contribution in [-0.4, -0.2) is 57.0 Å². The second-order valence-corrected chi connectivity index (χ2v) is 2.58. The molecule has 0 heterocycles. The largest absolute Gasteiger partial charge is 0.511 e. The Morgan fingerprint density at radius 2 is 1.29 bits per heavy atom. The average molecular weight is 205 g/mol. The molecule has 0 radical (unpaired) electrons. The van der Waals surface area contributed by atoms with Gasteiger partial charge >= 0.3 is 0 Å². The fraction of sp³-hybridized carbons (Fsp3) is 0.500. The Morgan fingerprint density at radius 1 is 0.929 bits per heavy atom. The molecule has 5 N–H and O–H groups in total. The SMILES string of the molecule is OC/C=C(\O)CN(O)C/C(O)=C\CO. The smallest absolute Gasteiger partial charge is 0.107 e. The lowest BCUT2D eigenvalue weighted by Gasteiger charge is -2.13. The van der Waals surface area contributed by atoms with Crippen LogP contribution in [0.3, 0.4) is 0 Å². The molecule has 0 fully saturated rings. The number of rotatable bonds is 6. The van der Waals surface area contributed by atoms with Crippen LogP contribution in [0.4, 0.5) is 0 Å². The van der Waals surface area contributed by atoms with Crippen LogP contribution in [0.25, 0.3) is 0 Å². The first-order chi connectivity index (χ1) is 6.60. The van der Waals surface area contributed by atoms with Crippen LogP contribution < -0.4 is 0 Å². The van der Waals surface area contributed by atoms with E-state index in [-0.39, 0.29) is 37.8 Å². The molecule has 0 aliphatic heterocycles. The number of hydrogen-bond acceptors (Lipinski definition) is 6. The Bertz CT molecular complexity index is 192. The lowest BCUT2D eigenvalue weighted by Crippen LogP contribution is -2.24. The third-order valence-electron chi connectivity index (χ3n) is 1.34. The lowest BCUT2D eigenvalue weighted by molar-refractivity contribution is -0.0864. The monoisotopic (exact) mass is 205 g/mol. The van der Waals surface area contributed by atoms with Crippen molar-refractivity contribution in [3.63, 3.8) is 0 Å². The van der Waals surface area contributed by atoms with Gasteiger partial charge in [-0.2, -0.15) is 5.06 Å². The van der Waals surface area contributed by atoms with Crippen LogP contribution in [0.5, 0.6) is 0 Å². The predicted octanol–water partition coefficient (Wildman–Crippen LogP) is -0.454. The molecule has 0 aromatic heterocycles. The second kappa shape index (κ2) is 7.34. The molecule has 0 aliphatic carbocycles. The summed E-state index contributed by atoms with van der Waals surface area (Å²) in [6, 6.07) is 0. The van der Waals surface area contributed by atoms with Gasteiger partial charge in [-0.1, -0.05) is 0 Å². The first-order valence-electron chi connectivity index (χ1n) is 4.01. The van der Waals surface area contributed by atoms with Crippen LogP contribution in [0.2, 0.25) is 0 Å². The molecule has 0 aromatic carbocycles. The molecular formula is C8H15NO5. The fourth-order valence-electron chi connectivity index (χ4n) is 0.770. The summed E-state index contributed by atoms with van der Waals surface area (Å²) in [7, 11) is 0. The van der Waals surface area contributed by atoms with Gasteiger partial charge in [0.15, 0.2) is 0 Å². The molecule has 82 valence electrons. The Kier molecular flexibility index (Phi) is 6.77. The summed E-state index contributed by atoms with van der Waals surface area (Å²) in [5.41, 5.74) is 0. The summed E-state index contributed by atoms with van der Waals surface area (Å²) in [5.74, 6) is -0.404. The van der Waals surface area contributed by atoms with E-state index >= 15 is 0 Å². The highest BCUT2D eigenvalue weighted by Crippen LogP contribution is 1.96. The lowest BCUT2D eigenvalue weighted by atomic mass is 10.4. The molecule has 0 saturated heterocycles. The quantitative estimate of drug-likeness (QED) is 0.297. The molecule has 6 heteroatoms. The normalized spacial score (nSPS) is 13.7. The van der Waals surface area contributed by atoms with Crippen molar-refractivity contribution < 1.29 is 25.6 Å². The number of aliphatic hydroxyl groups excluding tert-OH is 4. The third-order valence-corrected chi connectivity index (χ3v) is 1.34. The molecule has 0 atom stereocenters. The van der Waals surface area contributed by atoms with E-state index in [1.54, 1.807) is 0 Å². The number of hydrogen-bond donors (Lipinski definition) is 5. The summed E-state index contributed by atoms with van der Waals surface area (Å²) in [4.78, 5) is 0. The van der Waals surface area contributed by atoms with Crippen molar-refractivity contribution in [1.82, 2.24) is 5.06 Å². The molecule has 0 aromatic rings. The number of nitrogens with zero attached hydrogens (tertiary/aromatic N) is 1. The van der Waals surface area contributed by atoms with E-state index in [1.165, 1.54) is 0 Å². The Labute approximate surface area is 81.6 Å². The van der Waals surface area contributed by atoms with Crippen molar-refractivity contribution in [2.24, 2.45) is 0 Å². The van der Waals surface area contributed by atoms with Gasteiger partial charge in [0.1, 0.15) is 11.5 Å². The third kappa shape index (κ3) is 6.44. The van der Waals surface area contributed by atoms with Gasteiger partial charge in [0, 0.05) is 0 Å².